The summed E-state index contributed by atoms with van der Waals surface area (Å²) in [6.45, 7) is 0. The first-order valence-electron chi connectivity index (χ1n) is 8.13. The average molecular weight is 380 g/mol. The number of halogens is 1. The molecule has 134 valence electrons. The summed E-state index contributed by atoms with van der Waals surface area (Å²) < 4.78 is 7.85. The van der Waals surface area contributed by atoms with Crippen molar-refractivity contribution >= 4 is 17.6 Å². The Labute approximate surface area is 159 Å². The molecule has 2 aliphatic rings. The molecule has 0 unspecified atom stereocenters. The van der Waals surface area contributed by atoms with Gasteiger partial charge in [-0.25, -0.2) is 4.79 Å². The Morgan fingerprint density at radius 1 is 1.00 bits per heavy atom. The van der Waals surface area contributed by atoms with Gasteiger partial charge in [-0.2, -0.15) is 9.78 Å². The monoisotopic (exact) mass is 379 g/mol. The molecule has 0 amide bonds. The summed E-state index contributed by atoms with van der Waals surface area (Å²) in [5, 5.41) is 4.96. The Hall–Kier alpha value is -3.38. The van der Waals surface area contributed by atoms with E-state index in [1.807, 2.05) is 18.2 Å². The number of aromatic nitrogens is 3. The van der Waals surface area contributed by atoms with Crippen molar-refractivity contribution in [1.29, 1.82) is 0 Å². The molecule has 0 aliphatic carbocycles. The number of carbonyl (C=O) groups is 1. The van der Waals surface area contributed by atoms with Crippen LogP contribution in [0.4, 0.5) is 0 Å². The summed E-state index contributed by atoms with van der Waals surface area (Å²) in [6, 6.07) is 16.1. The second-order valence-electron chi connectivity index (χ2n) is 5.86. The number of rotatable bonds is 3. The smallest absolute Gasteiger partial charge is 0.341 e. The second kappa shape index (κ2) is 6.74. The standard InChI is InChI=1S/C20H14ClN3O3/c1-27-20(26)17-12-23(14-9-7-13(21)8-10-14)11-16-18(17)22-24(19(16)25)15-5-3-2-4-6-15/h2-12H,1H3. The zero-order valence-electron chi connectivity index (χ0n) is 14.3. The van der Waals surface area contributed by atoms with Gasteiger partial charge in [-0.3, -0.25) is 4.79 Å². The predicted molar refractivity (Wildman–Crippen MR) is 102 cm³/mol. The van der Waals surface area contributed by atoms with E-state index in [-0.39, 0.29) is 11.1 Å². The Bertz CT molecular complexity index is 1150. The quantitative estimate of drug-likeness (QED) is 0.510. The summed E-state index contributed by atoms with van der Waals surface area (Å²) in [6.07, 6.45) is 3.25. The first kappa shape index (κ1) is 17.1. The number of esters is 1. The van der Waals surface area contributed by atoms with Gasteiger partial charge in [0.1, 0.15) is 11.3 Å². The first-order valence-corrected chi connectivity index (χ1v) is 8.51. The SMILES string of the molecule is COC(=O)c1cn(-c2ccc(Cl)cc2)cc2c(=O)n(-c3ccccc3)nc1-2. The second-order valence-corrected chi connectivity index (χ2v) is 6.30. The molecule has 0 aromatic heterocycles. The molecular weight excluding hydrogens is 366 g/mol. The summed E-state index contributed by atoms with van der Waals surface area (Å²) in [5.74, 6) is -0.568. The van der Waals surface area contributed by atoms with E-state index in [4.69, 9.17) is 16.3 Å². The third-order valence-corrected chi connectivity index (χ3v) is 4.45. The minimum absolute atomic E-state index is 0.205. The summed E-state index contributed by atoms with van der Waals surface area (Å²) in [7, 11) is 1.29. The summed E-state index contributed by atoms with van der Waals surface area (Å²) in [5.41, 5.74) is 1.87. The van der Waals surface area contributed by atoms with Gasteiger partial charge in [-0.15, -0.1) is 0 Å². The van der Waals surface area contributed by atoms with Crippen LogP contribution in [0.2, 0.25) is 5.02 Å². The van der Waals surface area contributed by atoms with E-state index in [9.17, 15) is 9.59 Å². The van der Waals surface area contributed by atoms with Crippen molar-refractivity contribution in [3.63, 3.8) is 0 Å². The van der Waals surface area contributed by atoms with E-state index in [0.29, 0.717) is 22.0 Å². The molecule has 0 saturated carbocycles. The van der Waals surface area contributed by atoms with Gasteiger partial charge in [-0.05, 0) is 36.4 Å². The minimum atomic E-state index is -0.568. The number of hydrogen-bond acceptors (Lipinski definition) is 4. The van der Waals surface area contributed by atoms with Gasteiger partial charge in [0.15, 0.2) is 0 Å². The van der Waals surface area contributed by atoms with E-state index in [1.165, 1.54) is 11.8 Å². The van der Waals surface area contributed by atoms with Gasteiger partial charge in [0.05, 0.1) is 18.4 Å². The van der Waals surface area contributed by atoms with E-state index >= 15 is 0 Å². The Balaban J connectivity index is 1.99. The lowest BCUT2D eigenvalue weighted by molar-refractivity contribution is 0.0600. The lowest BCUT2D eigenvalue weighted by Gasteiger charge is -2.11. The zero-order chi connectivity index (χ0) is 19.0. The molecule has 0 N–H and O–H groups in total. The molecule has 0 atom stereocenters. The number of benzene rings is 2. The maximum absolute atomic E-state index is 12.9. The molecule has 6 nitrogen and oxygen atoms in total. The maximum Gasteiger partial charge on any atom is 0.341 e. The number of ether oxygens (including phenoxy) is 1. The number of hydrogen-bond donors (Lipinski definition) is 0. The number of carbonyl (C=O) groups excluding carboxylic acids is 1. The number of fused-ring (bicyclic) bond motifs is 1. The van der Waals surface area contributed by atoms with Crippen LogP contribution in [0, 0.1) is 0 Å². The molecule has 27 heavy (non-hydrogen) atoms. The predicted octanol–water partition coefficient (Wildman–Crippen LogP) is 3.57. The van der Waals surface area contributed by atoms with Crippen LogP contribution in [-0.2, 0) is 4.74 Å². The molecule has 2 aromatic carbocycles. The molecule has 7 heteroatoms. The lowest BCUT2D eigenvalue weighted by Crippen LogP contribution is -2.15. The molecule has 2 heterocycles. The zero-order valence-corrected chi connectivity index (χ0v) is 15.1. The third-order valence-electron chi connectivity index (χ3n) is 4.20. The van der Waals surface area contributed by atoms with E-state index in [1.54, 1.807) is 53.4 Å². The number of para-hydroxylation sites is 1. The van der Waals surface area contributed by atoms with Gasteiger partial charge in [0.25, 0.3) is 5.56 Å². The van der Waals surface area contributed by atoms with Gasteiger partial charge < -0.3 is 9.30 Å². The van der Waals surface area contributed by atoms with Gasteiger partial charge >= 0.3 is 5.97 Å². The Morgan fingerprint density at radius 2 is 1.70 bits per heavy atom. The Kier molecular flexibility index (Phi) is 4.25. The fourth-order valence-electron chi connectivity index (χ4n) is 2.87. The first-order chi connectivity index (χ1) is 13.1. The molecule has 4 rings (SSSR count). The summed E-state index contributed by atoms with van der Waals surface area (Å²) in [4.78, 5) is 25.3. The normalized spacial score (nSPS) is 10.9. The highest BCUT2D eigenvalue weighted by Gasteiger charge is 2.25. The van der Waals surface area contributed by atoms with Crippen molar-refractivity contribution in [1.82, 2.24) is 14.3 Å². The number of nitrogens with zero attached hydrogens (tertiary/aromatic N) is 3. The fraction of sp³-hybridized carbons (Fsp3) is 0.0500. The summed E-state index contributed by atoms with van der Waals surface area (Å²) >= 11 is 5.95. The average Bonchev–Trinajstić information content (AvgIpc) is 3.04. The van der Waals surface area contributed by atoms with Crippen LogP contribution in [0.25, 0.3) is 22.6 Å². The highest BCUT2D eigenvalue weighted by atomic mass is 35.5. The minimum Gasteiger partial charge on any atom is -0.465 e. The molecule has 0 radical (unpaired) electrons. The van der Waals surface area contributed by atoms with Crippen molar-refractivity contribution < 1.29 is 9.53 Å². The highest BCUT2D eigenvalue weighted by Crippen LogP contribution is 2.25. The van der Waals surface area contributed by atoms with Crippen LogP contribution in [0.3, 0.4) is 0 Å². The molecule has 0 spiro atoms. The largest absolute Gasteiger partial charge is 0.465 e. The van der Waals surface area contributed by atoms with Crippen LogP contribution < -0.4 is 5.56 Å². The molecule has 0 bridgehead atoms. The van der Waals surface area contributed by atoms with Gasteiger partial charge in [-0.1, -0.05) is 29.8 Å². The van der Waals surface area contributed by atoms with Crippen molar-refractivity contribution in [2.45, 2.75) is 0 Å². The maximum atomic E-state index is 12.9. The highest BCUT2D eigenvalue weighted by molar-refractivity contribution is 6.30. The van der Waals surface area contributed by atoms with Crippen molar-refractivity contribution in [3.8, 4) is 22.6 Å². The van der Waals surface area contributed by atoms with E-state index < -0.39 is 5.97 Å². The van der Waals surface area contributed by atoms with Crippen LogP contribution in [0.5, 0.6) is 0 Å². The van der Waals surface area contributed by atoms with Gasteiger partial charge in [0.2, 0.25) is 0 Å². The van der Waals surface area contributed by atoms with Crippen molar-refractivity contribution in [3.05, 3.63) is 87.9 Å². The van der Waals surface area contributed by atoms with Crippen LogP contribution >= 0.6 is 11.6 Å². The third kappa shape index (κ3) is 3.00. The molecular formula is C20H14ClN3O3. The number of pyridine rings is 1. The molecule has 2 aromatic rings. The van der Waals surface area contributed by atoms with Crippen LogP contribution in [0.1, 0.15) is 10.4 Å². The van der Waals surface area contributed by atoms with Crippen molar-refractivity contribution in [2.24, 2.45) is 0 Å². The molecule has 2 aliphatic heterocycles. The molecule has 0 saturated heterocycles. The topological polar surface area (TPSA) is 66.1 Å². The van der Waals surface area contributed by atoms with Gasteiger partial charge in [0, 0.05) is 23.1 Å². The fourth-order valence-corrected chi connectivity index (χ4v) is 3.00. The van der Waals surface area contributed by atoms with E-state index in [0.717, 1.165) is 5.69 Å². The number of methoxy groups -OCH3 is 1. The molecule has 0 fully saturated rings. The van der Waals surface area contributed by atoms with E-state index in [2.05, 4.69) is 5.10 Å². The van der Waals surface area contributed by atoms with Crippen LogP contribution in [-0.4, -0.2) is 27.4 Å². The van der Waals surface area contributed by atoms with Crippen LogP contribution in [0.15, 0.2) is 71.8 Å². The van der Waals surface area contributed by atoms with Crippen molar-refractivity contribution in [2.75, 3.05) is 7.11 Å². The Morgan fingerprint density at radius 3 is 2.37 bits per heavy atom. The lowest BCUT2D eigenvalue weighted by atomic mass is 10.1.